The average Bonchev–Trinajstić information content (AvgIpc) is 3.02. The van der Waals surface area contributed by atoms with Crippen molar-refractivity contribution in [3.05, 3.63) is 0 Å². The van der Waals surface area contributed by atoms with E-state index in [2.05, 4.69) is 19.2 Å². The lowest BCUT2D eigenvalue weighted by Crippen LogP contribution is -2.43. The molecule has 0 aromatic heterocycles. The number of carbonyl (C=O) groups is 3. The van der Waals surface area contributed by atoms with Crippen molar-refractivity contribution in [1.29, 1.82) is 0 Å². The minimum atomic E-state index is -4.73. The van der Waals surface area contributed by atoms with E-state index >= 15 is 0 Å². The van der Waals surface area contributed by atoms with Crippen LogP contribution in [0, 0.1) is 0 Å². The van der Waals surface area contributed by atoms with Crippen LogP contribution in [0.25, 0.3) is 0 Å². The van der Waals surface area contributed by atoms with Crippen LogP contribution in [0.15, 0.2) is 0 Å². The molecular weight excluding hydrogens is 613 g/mol. The minimum Gasteiger partial charge on any atom is -0.480 e. The van der Waals surface area contributed by atoms with E-state index in [0.717, 1.165) is 51.4 Å². The Labute approximate surface area is 278 Å². The van der Waals surface area contributed by atoms with E-state index in [-0.39, 0.29) is 12.8 Å². The highest BCUT2D eigenvalue weighted by atomic mass is 31.2. The maximum atomic E-state index is 12.1. The van der Waals surface area contributed by atoms with Crippen LogP contribution >= 0.6 is 7.82 Å². The van der Waals surface area contributed by atoms with Crippen LogP contribution in [-0.2, 0) is 32.7 Å². The van der Waals surface area contributed by atoms with E-state index in [0.29, 0.717) is 12.8 Å². The highest BCUT2D eigenvalue weighted by Gasteiger charge is 2.28. The van der Waals surface area contributed by atoms with Crippen LogP contribution in [0.3, 0.4) is 0 Å². The number of hydrogen-bond acceptors (Lipinski definition) is 8. The molecule has 3 atom stereocenters. The summed E-state index contributed by atoms with van der Waals surface area (Å²) in [6.45, 7) is 2.49. The second-order valence-corrected chi connectivity index (χ2v) is 13.9. The molecule has 11 nitrogen and oxygen atoms in total. The first-order valence-electron chi connectivity index (χ1n) is 18.1. The summed E-state index contributed by atoms with van der Waals surface area (Å²) >= 11 is 0. The number of phosphoric acid groups is 1. The highest BCUT2D eigenvalue weighted by Crippen LogP contribution is 2.43. The van der Waals surface area contributed by atoms with Gasteiger partial charge in [0.25, 0.3) is 0 Å². The smallest absolute Gasteiger partial charge is 0.472 e. The fraction of sp³-hybridized carbons (Fsp3) is 0.912. The molecule has 1 amide bonds. The second-order valence-electron chi connectivity index (χ2n) is 12.4. The number of rotatable bonds is 34. The zero-order valence-electron chi connectivity index (χ0n) is 28.9. The number of aliphatic carboxylic acids is 1. The number of hydrogen-bond donors (Lipinski definition) is 4. The van der Waals surface area contributed by atoms with Crippen molar-refractivity contribution >= 4 is 25.7 Å². The van der Waals surface area contributed by atoms with Crippen LogP contribution in [0.5, 0.6) is 0 Å². The lowest BCUT2D eigenvalue weighted by atomic mass is 10.0. The fourth-order valence-corrected chi connectivity index (χ4v) is 5.79. The molecule has 4 N–H and O–H groups in total. The second kappa shape index (κ2) is 30.8. The first-order chi connectivity index (χ1) is 22.1. The number of carboxylic acids is 1. The summed E-state index contributed by atoms with van der Waals surface area (Å²) in [6.07, 6.45) is 24.7. The molecular formula is C34H66NO10P. The molecule has 0 radical (unpaired) electrons. The monoisotopic (exact) mass is 679 g/mol. The Morgan fingerprint density at radius 1 is 0.609 bits per heavy atom. The molecule has 272 valence electrons. The number of nitrogens with one attached hydrogen (secondary N) is 1. The maximum Gasteiger partial charge on any atom is 0.472 e. The standard InChI is InChI=1S/C34H66NO10P/c1-3-5-7-9-11-12-13-14-15-16-17-18-19-20-22-24-26-33(38)43-27-30(36)28-44-46(41,42)45-29-31(34(39)40)35-32(37)25-23-21-10-8-6-4-2/h30-31,36H,3-29H2,1-2H3,(H,35,37)(H,39,40)(H,41,42). The van der Waals surface area contributed by atoms with Crippen LogP contribution in [0.2, 0.25) is 0 Å². The Morgan fingerprint density at radius 3 is 1.43 bits per heavy atom. The predicted octanol–water partition coefficient (Wildman–Crippen LogP) is 8.00. The zero-order valence-corrected chi connectivity index (χ0v) is 29.8. The van der Waals surface area contributed by atoms with Crippen molar-refractivity contribution in [3.8, 4) is 0 Å². The largest absolute Gasteiger partial charge is 0.480 e. The van der Waals surface area contributed by atoms with Gasteiger partial charge in [0.05, 0.1) is 13.2 Å². The van der Waals surface area contributed by atoms with Crippen LogP contribution in [0.1, 0.15) is 168 Å². The summed E-state index contributed by atoms with van der Waals surface area (Å²) in [5.41, 5.74) is 0. The third kappa shape index (κ3) is 29.9. The summed E-state index contributed by atoms with van der Waals surface area (Å²) in [5, 5.41) is 21.6. The molecule has 0 aliphatic carbocycles. The number of aliphatic hydroxyl groups is 1. The molecule has 46 heavy (non-hydrogen) atoms. The van der Waals surface area contributed by atoms with Gasteiger partial charge in [-0.05, 0) is 12.8 Å². The van der Waals surface area contributed by atoms with Gasteiger partial charge >= 0.3 is 19.8 Å². The van der Waals surface area contributed by atoms with E-state index in [9.17, 15) is 34.1 Å². The third-order valence-corrected chi connectivity index (χ3v) is 8.85. The topological polar surface area (TPSA) is 169 Å². The van der Waals surface area contributed by atoms with Crippen molar-refractivity contribution in [1.82, 2.24) is 5.32 Å². The lowest BCUT2D eigenvalue weighted by molar-refractivity contribution is -0.147. The molecule has 0 rings (SSSR count). The number of ether oxygens (including phenoxy) is 1. The Bertz CT molecular complexity index is 813. The molecule has 0 aliphatic heterocycles. The molecule has 12 heteroatoms. The van der Waals surface area contributed by atoms with Gasteiger partial charge in [-0.2, -0.15) is 0 Å². The summed E-state index contributed by atoms with van der Waals surface area (Å²) in [6, 6.07) is -1.54. The number of carboxylic acid groups (broad SMARTS) is 1. The lowest BCUT2D eigenvalue weighted by Gasteiger charge is -2.18. The SMILES string of the molecule is CCCCCCCCCCCCCCCCCCC(=O)OCC(O)COP(=O)(O)OCC(NC(=O)CCCCCCCC)C(=O)O. The maximum absolute atomic E-state index is 12.1. The number of esters is 1. The summed E-state index contributed by atoms with van der Waals surface area (Å²) in [4.78, 5) is 45.3. The van der Waals surface area contributed by atoms with E-state index in [4.69, 9.17) is 13.8 Å². The molecule has 0 fully saturated rings. The number of unbranched alkanes of at least 4 members (excludes halogenated alkanes) is 20. The number of amides is 1. The van der Waals surface area contributed by atoms with Gasteiger partial charge in [0.1, 0.15) is 12.7 Å². The number of phosphoric ester groups is 1. The molecule has 3 unspecified atom stereocenters. The van der Waals surface area contributed by atoms with Crippen molar-refractivity contribution in [3.63, 3.8) is 0 Å². The Hall–Kier alpha value is -1.52. The fourth-order valence-electron chi connectivity index (χ4n) is 5.02. The van der Waals surface area contributed by atoms with Gasteiger partial charge in [0.2, 0.25) is 5.91 Å². The van der Waals surface area contributed by atoms with Gasteiger partial charge in [0.15, 0.2) is 6.04 Å². The molecule has 0 saturated heterocycles. The first-order valence-corrected chi connectivity index (χ1v) is 19.6. The Kier molecular flexibility index (Phi) is 29.8. The van der Waals surface area contributed by atoms with Gasteiger partial charge < -0.3 is 25.2 Å². The van der Waals surface area contributed by atoms with E-state index in [1.165, 1.54) is 77.0 Å². The van der Waals surface area contributed by atoms with Crippen molar-refractivity contribution < 1.29 is 47.8 Å². The molecule has 0 aromatic carbocycles. The molecule has 0 aliphatic rings. The first kappa shape index (κ1) is 44.5. The minimum absolute atomic E-state index is 0.146. The van der Waals surface area contributed by atoms with Crippen molar-refractivity contribution in [2.24, 2.45) is 0 Å². The van der Waals surface area contributed by atoms with Gasteiger partial charge in [0, 0.05) is 12.8 Å². The predicted molar refractivity (Wildman–Crippen MR) is 180 cm³/mol. The van der Waals surface area contributed by atoms with E-state index in [1.807, 2.05) is 0 Å². The molecule has 0 spiro atoms. The number of carbonyl (C=O) groups excluding carboxylic acids is 2. The summed E-state index contributed by atoms with van der Waals surface area (Å²) < 4.78 is 26.6. The zero-order chi connectivity index (χ0) is 34.3. The van der Waals surface area contributed by atoms with E-state index < -0.39 is 57.6 Å². The number of aliphatic hydroxyl groups excluding tert-OH is 1. The van der Waals surface area contributed by atoms with E-state index in [1.54, 1.807) is 0 Å². The summed E-state index contributed by atoms with van der Waals surface area (Å²) in [7, 11) is -4.73. The molecule has 0 bridgehead atoms. The van der Waals surface area contributed by atoms with Crippen LogP contribution < -0.4 is 5.32 Å². The third-order valence-electron chi connectivity index (χ3n) is 7.90. The summed E-state index contributed by atoms with van der Waals surface area (Å²) in [5.74, 6) is -2.38. The quantitative estimate of drug-likeness (QED) is 0.0297. The average molecular weight is 680 g/mol. The highest BCUT2D eigenvalue weighted by molar-refractivity contribution is 7.47. The normalized spacial score (nSPS) is 14.0. The van der Waals surface area contributed by atoms with Crippen molar-refractivity contribution in [2.75, 3.05) is 19.8 Å². The van der Waals surface area contributed by atoms with Crippen LogP contribution in [-0.4, -0.2) is 64.9 Å². The Morgan fingerprint density at radius 2 is 1.00 bits per heavy atom. The van der Waals surface area contributed by atoms with Crippen LogP contribution in [0.4, 0.5) is 0 Å². The van der Waals surface area contributed by atoms with Gasteiger partial charge in [-0.15, -0.1) is 0 Å². The van der Waals surface area contributed by atoms with Crippen molar-refractivity contribution in [2.45, 2.75) is 180 Å². The molecule has 0 heterocycles. The van der Waals surface area contributed by atoms with Gasteiger partial charge in [-0.1, -0.05) is 142 Å². The van der Waals surface area contributed by atoms with Gasteiger partial charge in [-0.25, -0.2) is 9.36 Å². The Balaban J connectivity index is 3.87. The molecule has 0 saturated carbocycles. The molecule has 0 aromatic rings. The van der Waals surface area contributed by atoms with Gasteiger partial charge in [-0.3, -0.25) is 18.6 Å².